The maximum absolute atomic E-state index is 5.86. The van der Waals surface area contributed by atoms with Crippen LogP contribution in [-0.2, 0) is 6.42 Å². The summed E-state index contributed by atoms with van der Waals surface area (Å²) in [5, 5.41) is 0. The molecule has 100 valence electrons. The lowest BCUT2D eigenvalue weighted by molar-refractivity contribution is 0.297. The van der Waals surface area contributed by atoms with E-state index in [1.54, 1.807) is 0 Å². The summed E-state index contributed by atoms with van der Waals surface area (Å²) < 4.78 is 5.86. The molecule has 2 aromatic carbocycles. The Hall–Kier alpha value is -1.41. The number of rotatable bonds is 6. The van der Waals surface area contributed by atoms with Crippen LogP contribution < -0.4 is 4.74 Å². The minimum absolute atomic E-state index is 0.329. The molecule has 0 radical (unpaired) electrons. The van der Waals surface area contributed by atoms with E-state index in [1.807, 2.05) is 18.2 Å². The van der Waals surface area contributed by atoms with Crippen LogP contribution in [0.4, 0.5) is 0 Å². The molecule has 1 unspecified atom stereocenters. The summed E-state index contributed by atoms with van der Waals surface area (Å²) >= 11 is 4.42. The Labute approximate surface area is 121 Å². The summed E-state index contributed by atoms with van der Waals surface area (Å²) in [5.74, 6) is 2.05. The number of benzene rings is 2. The Morgan fingerprint density at radius 3 is 2.26 bits per heavy atom. The van der Waals surface area contributed by atoms with Crippen molar-refractivity contribution in [2.24, 2.45) is 0 Å². The second-order valence-corrected chi connectivity index (χ2v) is 4.96. The van der Waals surface area contributed by atoms with Gasteiger partial charge in [0.25, 0.3) is 0 Å². The minimum Gasteiger partial charge on any atom is -0.493 e. The van der Waals surface area contributed by atoms with Gasteiger partial charge >= 0.3 is 0 Å². The molecule has 0 aliphatic carbocycles. The zero-order valence-corrected chi connectivity index (χ0v) is 12.1. The third kappa shape index (κ3) is 4.03. The molecule has 2 heteroatoms. The van der Waals surface area contributed by atoms with Gasteiger partial charge in [0.2, 0.25) is 0 Å². The molecule has 1 atom stereocenters. The van der Waals surface area contributed by atoms with E-state index in [-0.39, 0.29) is 0 Å². The number of hydrogen-bond donors (Lipinski definition) is 1. The van der Waals surface area contributed by atoms with Crippen molar-refractivity contribution in [1.82, 2.24) is 0 Å². The molecule has 0 bridgehead atoms. The molecule has 0 aromatic heterocycles. The Bertz CT molecular complexity index is 478. The Morgan fingerprint density at radius 1 is 1.00 bits per heavy atom. The van der Waals surface area contributed by atoms with Crippen molar-refractivity contribution in [3.05, 3.63) is 65.7 Å². The van der Waals surface area contributed by atoms with E-state index in [4.69, 9.17) is 4.74 Å². The van der Waals surface area contributed by atoms with Crippen LogP contribution in [0, 0.1) is 0 Å². The van der Waals surface area contributed by atoms with Crippen LogP contribution in [0.2, 0.25) is 0 Å². The van der Waals surface area contributed by atoms with Crippen molar-refractivity contribution in [3.8, 4) is 5.75 Å². The molecular formula is C17H20OS. The predicted molar refractivity (Wildman–Crippen MR) is 84.4 cm³/mol. The Morgan fingerprint density at radius 2 is 1.68 bits per heavy atom. The monoisotopic (exact) mass is 272 g/mol. The van der Waals surface area contributed by atoms with Gasteiger partial charge in [0.15, 0.2) is 0 Å². The lowest BCUT2D eigenvalue weighted by atomic mass is 10.0. The maximum atomic E-state index is 5.86. The van der Waals surface area contributed by atoms with Crippen LogP contribution in [0.3, 0.4) is 0 Å². The standard InChI is InChI=1S/C17H20OS/c1-2-14-8-10-17(11-9-14)18-12-16(13-19)15-6-4-3-5-7-15/h3-11,16,19H,2,12-13H2,1H3. The molecule has 0 heterocycles. The fourth-order valence-corrected chi connectivity index (χ4v) is 2.31. The second-order valence-electron chi connectivity index (χ2n) is 4.60. The minimum atomic E-state index is 0.329. The zero-order valence-electron chi connectivity index (χ0n) is 11.3. The summed E-state index contributed by atoms with van der Waals surface area (Å²) in [6.07, 6.45) is 1.06. The van der Waals surface area contributed by atoms with Gasteiger partial charge in [-0.05, 0) is 29.7 Å². The molecule has 0 fully saturated rings. The SMILES string of the molecule is CCc1ccc(OCC(CS)c2ccccc2)cc1. The summed E-state index contributed by atoms with van der Waals surface area (Å²) in [4.78, 5) is 0. The van der Waals surface area contributed by atoms with Gasteiger partial charge < -0.3 is 4.74 Å². The third-order valence-electron chi connectivity index (χ3n) is 3.27. The quantitative estimate of drug-likeness (QED) is 0.770. The summed E-state index contributed by atoms with van der Waals surface area (Å²) in [7, 11) is 0. The molecule has 0 saturated heterocycles. The van der Waals surface area contributed by atoms with E-state index in [0.717, 1.165) is 17.9 Å². The molecule has 2 aromatic rings. The lowest BCUT2D eigenvalue weighted by Gasteiger charge is -2.16. The summed E-state index contributed by atoms with van der Waals surface area (Å²) in [6.45, 7) is 2.82. The van der Waals surface area contributed by atoms with Crippen molar-refractivity contribution >= 4 is 12.6 Å². The number of thiol groups is 1. The average Bonchev–Trinajstić information content (AvgIpc) is 2.49. The molecule has 0 aliphatic rings. The van der Waals surface area contributed by atoms with Crippen LogP contribution in [0.5, 0.6) is 5.75 Å². The lowest BCUT2D eigenvalue weighted by Crippen LogP contribution is -2.11. The Kier molecular flexibility index (Phi) is 5.34. The van der Waals surface area contributed by atoms with Crippen molar-refractivity contribution in [2.75, 3.05) is 12.4 Å². The van der Waals surface area contributed by atoms with Crippen molar-refractivity contribution in [3.63, 3.8) is 0 Å². The molecule has 2 rings (SSSR count). The highest BCUT2D eigenvalue weighted by atomic mass is 32.1. The van der Waals surface area contributed by atoms with Gasteiger partial charge in [0.1, 0.15) is 5.75 Å². The third-order valence-corrected chi connectivity index (χ3v) is 3.71. The first kappa shape index (κ1) is 14.0. The highest BCUT2D eigenvalue weighted by Crippen LogP contribution is 2.20. The van der Waals surface area contributed by atoms with Crippen molar-refractivity contribution in [2.45, 2.75) is 19.3 Å². The summed E-state index contributed by atoms with van der Waals surface area (Å²) in [5.41, 5.74) is 2.61. The molecule has 0 amide bonds. The van der Waals surface area contributed by atoms with Crippen LogP contribution >= 0.6 is 12.6 Å². The van der Waals surface area contributed by atoms with Gasteiger partial charge in [0, 0.05) is 11.7 Å². The van der Waals surface area contributed by atoms with Crippen LogP contribution in [0.1, 0.15) is 24.0 Å². The maximum Gasteiger partial charge on any atom is 0.119 e. The zero-order chi connectivity index (χ0) is 13.5. The topological polar surface area (TPSA) is 9.23 Å². The second kappa shape index (κ2) is 7.25. The molecule has 0 saturated carbocycles. The van der Waals surface area contributed by atoms with E-state index >= 15 is 0 Å². The van der Waals surface area contributed by atoms with Gasteiger partial charge in [-0.1, -0.05) is 49.4 Å². The van der Waals surface area contributed by atoms with E-state index in [2.05, 4.69) is 56.0 Å². The van der Waals surface area contributed by atoms with Gasteiger partial charge in [-0.15, -0.1) is 0 Å². The van der Waals surface area contributed by atoms with E-state index < -0.39 is 0 Å². The summed E-state index contributed by atoms with van der Waals surface area (Å²) in [6, 6.07) is 18.7. The largest absolute Gasteiger partial charge is 0.493 e. The molecular weight excluding hydrogens is 252 g/mol. The first-order chi connectivity index (χ1) is 9.33. The fourth-order valence-electron chi connectivity index (χ4n) is 2.00. The van der Waals surface area contributed by atoms with Gasteiger partial charge in [0.05, 0.1) is 6.61 Å². The molecule has 19 heavy (non-hydrogen) atoms. The first-order valence-corrected chi connectivity index (χ1v) is 7.34. The molecule has 0 spiro atoms. The molecule has 1 nitrogen and oxygen atoms in total. The normalized spacial score (nSPS) is 12.1. The van der Waals surface area contributed by atoms with Crippen LogP contribution in [0.25, 0.3) is 0 Å². The van der Waals surface area contributed by atoms with Gasteiger partial charge in [-0.2, -0.15) is 12.6 Å². The van der Waals surface area contributed by atoms with E-state index in [1.165, 1.54) is 11.1 Å². The van der Waals surface area contributed by atoms with E-state index in [0.29, 0.717) is 12.5 Å². The Balaban J connectivity index is 1.96. The predicted octanol–water partition coefficient (Wildman–Crippen LogP) is 4.34. The fraction of sp³-hybridized carbons (Fsp3) is 0.294. The van der Waals surface area contributed by atoms with Crippen molar-refractivity contribution in [1.29, 1.82) is 0 Å². The molecule has 0 aliphatic heterocycles. The highest BCUT2D eigenvalue weighted by Gasteiger charge is 2.10. The number of hydrogen-bond acceptors (Lipinski definition) is 2. The van der Waals surface area contributed by atoms with Gasteiger partial charge in [-0.25, -0.2) is 0 Å². The van der Waals surface area contributed by atoms with Gasteiger partial charge in [-0.3, -0.25) is 0 Å². The number of aryl methyl sites for hydroxylation is 1. The first-order valence-electron chi connectivity index (χ1n) is 6.71. The smallest absolute Gasteiger partial charge is 0.119 e. The van der Waals surface area contributed by atoms with Crippen LogP contribution in [-0.4, -0.2) is 12.4 Å². The van der Waals surface area contributed by atoms with Crippen molar-refractivity contribution < 1.29 is 4.74 Å². The molecule has 0 N–H and O–H groups in total. The van der Waals surface area contributed by atoms with E-state index in [9.17, 15) is 0 Å². The number of ether oxygens (including phenoxy) is 1. The highest BCUT2D eigenvalue weighted by molar-refractivity contribution is 7.80. The van der Waals surface area contributed by atoms with Crippen LogP contribution in [0.15, 0.2) is 54.6 Å². The average molecular weight is 272 g/mol.